The van der Waals surface area contributed by atoms with E-state index in [4.69, 9.17) is 34.7 Å². The van der Waals surface area contributed by atoms with Crippen molar-refractivity contribution in [1.82, 2.24) is 4.31 Å². The molecule has 1 aromatic carbocycles. The molecule has 0 fully saturated rings. The molecule has 0 aliphatic heterocycles. The van der Waals surface area contributed by atoms with Gasteiger partial charge < -0.3 is 5.11 Å². The second kappa shape index (κ2) is 7.14. The van der Waals surface area contributed by atoms with E-state index >= 15 is 0 Å². The second-order valence-corrected chi connectivity index (χ2v) is 6.77. The van der Waals surface area contributed by atoms with Crippen molar-refractivity contribution in [2.75, 3.05) is 13.1 Å². The van der Waals surface area contributed by atoms with E-state index < -0.39 is 26.6 Å². The smallest absolute Gasteiger partial charge is 0.338 e. The summed E-state index contributed by atoms with van der Waals surface area (Å²) in [4.78, 5) is 10.8. The first-order chi connectivity index (χ1) is 9.77. The maximum atomic E-state index is 12.5. The van der Waals surface area contributed by atoms with E-state index in [0.717, 1.165) is 4.31 Å². The number of carboxylic acid groups (broad SMARTS) is 1. The van der Waals surface area contributed by atoms with Gasteiger partial charge in [-0.2, -0.15) is 4.31 Å². The highest BCUT2D eigenvalue weighted by atomic mass is 35.5. The number of carbonyl (C=O) groups is 1. The van der Waals surface area contributed by atoms with Gasteiger partial charge in [-0.05, 0) is 18.6 Å². The van der Waals surface area contributed by atoms with Gasteiger partial charge in [0, 0.05) is 6.54 Å². The second-order valence-electron chi connectivity index (χ2n) is 4.08. The summed E-state index contributed by atoms with van der Waals surface area (Å²) in [7, 11) is -3.99. The number of hydrogen-bond acceptors (Lipinski definition) is 3. The third kappa shape index (κ3) is 3.69. The number of rotatable bonds is 6. The van der Waals surface area contributed by atoms with Crippen LogP contribution < -0.4 is 0 Å². The molecule has 21 heavy (non-hydrogen) atoms. The summed E-state index contributed by atoms with van der Waals surface area (Å²) in [6.45, 7) is 1.87. The van der Waals surface area contributed by atoms with Gasteiger partial charge >= 0.3 is 5.97 Å². The molecule has 0 aliphatic carbocycles. The minimum absolute atomic E-state index is 0.127. The summed E-state index contributed by atoms with van der Waals surface area (Å²) in [5, 5.41) is 8.52. The van der Waals surface area contributed by atoms with Crippen molar-refractivity contribution < 1.29 is 18.3 Å². The fraction of sp³-hybridized carbons (Fsp3) is 0.308. The number of nitrogens with zero attached hydrogens (tertiary/aromatic N) is 1. The predicted octanol–water partition coefficient (Wildman–Crippen LogP) is 2.73. The number of carboxylic acids is 1. The average Bonchev–Trinajstić information content (AvgIpc) is 2.37. The van der Waals surface area contributed by atoms with Gasteiger partial charge in [0.2, 0.25) is 10.0 Å². The van der Waals surface area contributed by atoms with Crippen molar-refractivity contribution in [1.29, 1.82) is 0 Å². The lowest BCUT2D eigenvalue weighted by atomic mass is 10.2. The Bertz CT molecular complexity index is 695. The molecule has 0 aromatic heterocycles. The van der Waals surface area contributed by atoms with E-state index in [0.29, 0.717) is 6.42 Å². The van der Waals surface area contributed by atoms with Crippen molar-refractivity contribution in [3.05, 3.63) is 27.7 Å². The molecule has 0 atom stereocenters. The predicted molar refractivity (Wildman–Crippen MR) is 81.3 cm³/mol. The van der Waals surface area contributed by atoms with Crippen LogP contribution in [0.25, 0.3) is 0 Å². The summed E-state index contributed by atoms with van der Waals surface area (Å²) in [6.07, 6.45) is 5.72. The molecule has 0 spiro atoms. The van der Waals surface area contributed by atoms with Crippen molar-refractivity contribution in [2.24, 2.45) is 0 Å². The molecular weight excluding hydrogens is 337 g/mol. The van der Waals surface area contributed by atoms with Crippen LogP contribution in [0.4, 0.5) is 0 Å². The number of halogens is 2. The first-order valence-electron chi connectivity index (χ1n) is 5.92. The Balaban J connectivity index is 3.48. The van der Waals surface area contributed by atoms with E-state index in [-0.39, 0.29) is 23.0 Å². The maximum Gasteiger partial charge on any atom is 0.338 e. The Morgan fingerprint density at radius 2 is 2.05 bits per heavy atom. The molecule has 0 amide bonds. The molecule has 0 aliphatic rings. The van der Waals surface area contributed by atoms with Crippen LogP contribution in [0.3, 0.4) is 0 Å². The van der Waals surface area contributed by atoms with Gasteiger partial charge in [0.05, 0.1) is 22.2 Å². The fourth-order valence-corrected chi connectivity index (χ4v) is 4.04. The molecule has 0 saturated heterocycles. The number of sulfonamides is 1. The molecule has 1 N–H and O–H groups in total. The zero-order valence-corrected chi connectivity index (χ0v) is 13.5. The molecule has 0 bridgehead atoms. The lowest BCUT2D eigenvalue weighted by Gasteiger charge is -2.20. The molecule has 114 valence electrons. The lowest BCUT2D eigenvalue weighted by Crippen LogP contribution is -2.32. The highest BCUT2D eigenvalue weighted by molar-refractivity contribution is 7.89. The minimum atomic E-state index is -3.99. The minimum Gasteiger partial charge on any atom is -0.478 e. The van der Waals surface area contributed by atoms with Crippen LogP contribution in [-0.2, 0) is 10.0 Å². The Kier molecular flexibility index (Phi) is 6.05. The Labute approximate surface area is 133 Å². The van der Waals surface area contributed by atoms with Crippen LogP contribution in [0.5, 0.6) is 0 Å². The monoisotopic (exact) mass is 349 g/mol. The maximum absolute atomic E-state index is 12.5. The summed E-state index contributed by atoms with van der Waals surface area (Å²) in [6, 6.07) is 2.36. The molecule has 8 heteroatoms. The third-order valence-electron chi connectivity index (χ3n) is 2.63. The summed E-state index contributed by atoms with van der Waals surface area (Å²) in [5.41, 5.74) is -0.448. The molecule has 0 radical (unpaired) electrons. The average molecular weight is 350 g/mol. The fourth-order valence-electron chi connectivity index (χ4n) is 1.70. The van der Waals surface area contributed by atoms with Crippen molar-refractivity contribution in [3.8, 4) is 12.3 Å². The third-order valence-corrected chi connectivity index (χ3v) is 5.34. The van der Waals surface area contributed by atoms with Crippen LogP contribution >= 0.6 is 23.2 Å². The van der Waals surface area contributed by atoms with Gasteiger partial charge in [0.25, 0.3) is 0 Å². The molecular formula is C13H13Cl2NO4S. The van der Waals surface area contributed by atoms with Gasteiger partial charge in [0.1, 0.15) is 4.90 Å². The number of hydrogen-bond donors (Lipinski definition) is 1. The van der Waals surface area contributed by atoms with Crippen LogP contribution in [-0.4, -0.2) is 36.9 Å². The number of terminal acetylenes is 1. The Morgan fingerprint density at radius 3 is 2.52 bits per heavy atom. The zero-order chi connectivity index (χ0) is 16.2. The highest BCUT2D eigenvalue weighted by Gasteiger charge is 2.29. The van der Waals surface area contributed by atoms with Crippen LogP contribution in [0, 0.1) is 12.3 Å². The van der Waals surface area contributed by atoms with Crippen molar-refractivity contribution in [2.45, 2.75) is 18.2 Å². The first-order valence-corrected chi connectivity index (χ1v) is 8.11. The Hall–Kier alpha value is -1.26. The molecule has 1 rings (SSSR count). The van der Waals surface area contributed by atoms with Gasteiger partial charge in [-0.1, -0.05) is 36.0 Å². The van der Waals surface area contributed by atoms with Crippen LogP contribution in [0.1, 0.15) is 23.7 Å². The molecule has 1 aromatic rings. The SMILES string of the molecule is C#CCN(CCC)S(=O)(=O)c1ccc(Cl)c(C(=O)O)c1Cl. The summed E-state index contributed by atoms with van der Waals surface area (Å²) in [5.74, 6) is 0.856. The normalized spacial score (nSPS) is 11.4. The largest absolute Gasteiger partial charge is 0.478 e. The van der Waals surface area contributed by atoms with Crippen molar-refractivity contribution >= 4 is 39.2 Å². The van der Waals surface area contributed by atoms with E-state index in [1.54, 1.807) is 6.92 Å². The lowest BCUT2D eigenvalue weighted by molar-refractivity contribution is 0.0697. The highest BCUT2D eigenvalue weighted by Crippen LogP contribution is 2.32. The van der Waals surface area contributed by atoms with Gasteiger partial charge in [0.15, 0.2) is 0 Å². The number of aromatic carboxylic acids is 1. The van der Waals surface area contributed by atoms with Gasteiger partial charge in [-0.25, -0.2) is 13.2 Å². The Morgan fingerprint density at radius 1 is 1.43 bits per heavy atom. The number of benzene rings is 1. The summed E-state index contributed by atoms with van der Waals surface area (Å²) < 4.78 is 26.1. The van der Waals surface area contributed by atoms with Crippen molar-refractivity contribution in [3.63, 3.8) is 0 Å². The van der Waals surface area contributed by atoms with Gasteiger partial charge in [-0.15, -0.1) is 6.42 Å². The molecule has 0 heterocycles. The van der Waals surface area contributed by atoms with E-state index in [1.165, 1.54) is 12.1 Å². The molecule has 5 nitrogen and oxygen atoms in total. The van der Waals surface area contributed by atoms with E-state index in [2.05, 4.69) is 5.92 Å². The van der Waals surface area contributed by atoms with E-state index in [9.17, 15) is 13.2 Å². The van der Waals surface area contributed by atoms with Crippen LogP contribution in [0.15, 0.2) is 17.0 Å². The standard InChI is InChI=1S/C13H13Cl2NO4S/c1-3-7-16(8-4-2)21(19,20)10-6-5-9(14)11(12(10)15)13(17)18/h1,5-6H,4,7-8H2,2H3,(H,17,18). The van der Waals surface area contributed by atoms with Gasteiger partial charge in [-0.3, -0.25) is 0 Å². The molecule has 0 saturated carbocycles. The quantitative estimate of drug-likeness (QED) is 0.801. The molecule has 0 unspecified atom stereocenters. The first kappa shape index (κ1) is 17.8. The van der Waals surface area contributed by atoms with E-state index in [1.807, 2.05) is 0 Å². The zero-order valence-electron chi connectivity index (χ0n) is 11.1. The summed E-state index contributed by atoms with van der Waals surface area (Å²) >= 11 is 11.7. The topological polar surface area (TPSA) is 74.7 Å². The van der Waals surface area contributed by atoms with Crippen LogP contribution in [0.2, 0.25) is 10.0 Å².